The second kappa shape index (κ2) is 9.72. The van der Waals surface area contributed by atoms with E-state index in [1.165, 1.54) is 0 Å². The zero-order valence-corrected chi connectivity index (χ0v) is 23.5. The number of rotatable bonds is 6. The van der Waals surface area contributed by atoms with Crippen LogP contribution >= 0.6 is 0 Å². The van der Waals surface area contributed by atoms with Crippen LogP contribution in [0.15, 0.2) is 30.9 Å². The van der Waals surface area contributed by atoms with Gasteiger partial charge in [-0.2, -0.15) is 0 Å². The Morgan fingerprint density at radius 3 is 2.69 bits per heavy atom. The monoisotopic (exact) mass is 538 g/mol. The summed E-state index contributed by atoms with van der Waals surface area (Å²) in [6, 6.07) is 4.31. The number of carboxylic acids is 1. The molecule has 1 aliphatic heterocycles. The minimum Gasteiger partial charge on any atom is -0.480 e. The smallest absolute Gasteiger partial charge is 0.480 e. The van der Waals surface area contributed by atoms with Crippen molar-refractivity contribution in [1.29, 1.82) is 0 Å². The quantitative estimate of drug-likeness (QED) is 0.275. The molecule has 0 saturated heterocycles. The van der Waals surface area contributed by atoms with Crippen molar-refractivity contribution >= 4 is 30.0 Å². The topological polar surface area (TPSA) is 142 Å². The minimum atomic E-state index is -1.13. The highest BCUT2D eigenvalue weighted by Crippen LogP contribution is 2.69. The predicted octanol–water partition coefficient (Wildman–Crippen LogP) is 2.88. The van der Waals surface area contributed by atoms with Gasteiger partial charge in [-0.3, -0.25) is 4.79 Å². The number of aliphatic hydroxyl groups is 1. The number of hydrogen-bond acceptors (Lipinski definition) is 7. The van der Waals surface area contributed by atoms with Gasteiger partial charge in [-0.05, 0) is 77.4 Å². The molecule has 10 atom stereocenters. The number of nitrogens with two attached hydrogens (primary N) is 1. The van der Waals surface area contributed by atoms with Gasteiger partial charge in [-0.15, -0.1) is 6.58 Å². The second-order valence-electron chi connectivity index (χ2n) is 13.2. The number of carbonyl (C=O) groups excluding carboxylic acids is 1. The normalized spacial score (nSPS) is 42.2. The molecule has 3 saturated carbocycles. The molecular weight excluding hydrogens is 495 g/mol. The summed E-state index contributed by atoms with van der Waals surface area (Å²) in [5, 5.41) is 36.2. The molecule has 0 spiro atoms. The van der Waals surface area contributed by atoms with Crippen LogP contribution in [0.3, 0.4) is 0 Å². The van der Waals surface area contributed by atoms with E-state index in [9.17, 15) is 24.8 Å². The van der Waals surface area contributed by atoms with Crippen molar-refractivity contribution in [3.05, 3.63) is 36.4 Å². The molecule has 0 aromatic heterocycles. The Bertz CT molecular complexity index is 1180. The Labute approximate surface area is 231 Å². The molecule has 1 heterocycles. The fourth-order valence-corrected chi connectivity index (χ4v) is 9.13. The summed E-state index contributed by atoms with van der Waals surface area (Å²) in [6.45, 7) is 12.6. The lowest BCUT2D eigenvalue weighted by molar-refractivity contribution is -0.181. The van der Waals surface area contributed by atoms with E-state index in [0.717, 1.165) is 24.8 Å². The standard InChI is InChI=1S/C30H43BN2O6/c1-6-28(4)14-20(24(27(36)37)33-18-7-8-19-21(13-18)31(38)39-23(19)15-32)29(5)16(2)9-11-30(17(3)26(28)35)12-10-22(34)25(29)30/h6-8,13,16-17,20,23-26,33,35,38H,1,9-12,14-15,32H2,2-5H3,(H,36,37)/t16-,17+,20+,23?,24?,25+,26+,28-,29-,30+/m1/s1. The van der Waals surface area contributed by atoms with E-state index in [0.29, 0.717) is 24.0 Å². The molecule has 1 aromatic rings. The number of carboxylic acid groups (broad SMARTS) is 1. The molecule has 3 fully saturated rings. The largest absolute Gasteiger partial charge is 0.492 e. The molecule has 9 heteroatoms. The predicted molar refractivity (Wildman–Crippen MR) is 150 cm³/mol. The average molecular weight is 538 g/mol. The van der Waals surface area contributed by atoms with E-state index < -0.39 is 48.1 Å². The first-order valence-electron chi connectivity index (χ1n) is 14.3. The van der Waals surface area contributed by atoms with Gasteiger partial charge in [0.05, 0.1) is 12.2 Å². The lowest BCUT2D eigenvalue weighted by Gasteiger charge is -2.63. The van der Waals surface area contributed by atoms with E-state index in [-0.39, 0.29) is 35.5 Å². The molecule has 1 aromatic carbocycles. The summed E-state index contributed by atoms with van der Waals surface area (Å²) in [4.78, 5) is 26.8. The number of fused-ring (bicyclic) bond motifs is 1. The number of aliphatic carboxylic acids is 1. The summed E-state index contributed by atoms with van der Waals surface area (Å²) >= 11 is 0. The third-order valence-electron chi connectivity index (χ3n) is 11.6. The molecule has 2 bridgehead atoms. The average Bonchev–Trinajstić information content (AvgIpc) is 3.43. The van der Waals surface area contributed by atoms with Gasteiger partial charge < -0.3 is 30.9 Å². The van der Waals surface area contributed by atoms with Crippen LogP contribution in [0.25, 0.3) is 0 Å². The molecule has 5 rings (SSSR count). The van der Waals surface area contributed by atoms with Crippen LogP contribution in [0.5, 0.6) is 0 Å². The number of ketones is 1. The van der Waals surface area contributed by atoms with Gasteiger partial charge in [-0.1, -0.05) is 39.8 Å². The van der Waals surface area contributed by atoms with Crippen LogP contribution in [0.2, 0.25) is 0 Å². The molecule has 0 amide bonds. The summed E-state index contributed by atoms with van der Waals surface area (Å²) in [5.41, 5.74) is 6.00. The molecule has 6 N–H and O–H groups in total. The Balaban J connectivity index is 1.63. The maximum atomic E-state index is 13.7. The van der Waals surface area contributed by atoms with Crippen LogP contribution in [0, 0.1) is 39.9 Å². The van der Waals surface area contributed by atoms with Gasteiger partial charge in [0.15, 0.2) is 0 Å². The van der Waals surface area contributed by atoms with E-state index >= 15 is 0 Å². The van der Waals surface area contributed by atoms with Crippen LogP contribution in [-0.4, -0.2) is 52.8 Å². The number of hydrogen-bond donors (Lipinski definition) is 5. The number of nitrogens with one attached hydrogen (secondary N) is 1. The van der Waals surface area contributed by atoms with Gasteiger partial charge in [0.2, 0.25) is 0 Å². The third-order valence-corrected chi connectivity index (χ3v) is 11.6. The van der Waals surface area contributed by atoms with E-state index in [1.54, 1.807) is 18.2 Å². The molecule has 2 unspecified atom stereocenters. The number of aliphatic hydroxyl groups excluding tert-OH is 1. The van der Waals surface area contributed by atoms with Crippen LogP contribution in [-0.2, 0) is 14.2 Å². The van der Waals surface area contributed by atoms with E-state index in [2.05, 4.69) is 32.7 Å². The molecule has 212 valence electrons. The highest BCUT2D eigenvalue weighted by Gasteiger charge is 2.68. The lowest BCUT2D eigenvalue weighted by atomic mass is 9.41. The van der Waals surface area contributed by atoms with E-state index in [4.69, 9.17) is 10.4 Å². The number of anilines is 1. The van der Waals surface area contributed by atoms with Crippen LogP contribution in [0.1, 0.15) is 71.5 Å². The fourth-order valence-electron chi connectivity index (χ4n) is 9.13. The zero-order chi connectivity index (χ0) is 28.5. The lowest BCUT2D eigenvalue weighted by Crippen LogP contribution is -2.63. The second-order valence-corrected chi connectivity index (χ2v) is 13.2. The first-order chi connectivity index (χ1) is 18.3. The van der Waals surface area contributed by atoms with Crippen molar-refractivity contribution in [2.75, 3.05) is 11.9 Å². The zero-order valence-electron chi connectivity index (χ0n) is 23.5. The van der Waals surface area contributed by atoms with Crippen molar-refractivity contribution < 1.29 is 29.5 Å². The van der Waals surface area contributed by atoms with E-state index in [1.807, 2.05) is 13.0 Å². The van der Waals surface area contributed by atoms with Gasteiger partial charge in [0.25, 0.3) is 0 Å². The Morgan fingerprint density at radius 2 is 2.05 bits per heavy atom. The summed E-state index contributed by atoms with van der Waals surface area (Å²) < 4.78 is 5.55. The van der Waals surface area contributed by atoms with Crippen molar-refractivity contribution in [3.63, 3.8) is 0 Å². The first kappa shape index (κ1) is 28.3. The highest BCUT2D eigenvalue weighted by molar-refractivity contribution is 6.61. The SMILES string of the molecule is C=C[C@]1(C)C[C@@H](C(Nc2ccc3c(c2)B(O)OC3CN)C(=O)O)[C@@]2(C)[C@H](C)CC[C@]3(CCC(=O)[C@H]32)[C@@H](C)[C@@H]1O. The highest BCUT2D eigenvalue weighted by atomic mass is 16.5. The molecule has 39 heavy (non-hydrogen) atoms. The Kier molecular flexibility index (Phi) is 7.06. The van der Waals surface area contributed by atoms with Crippen molar-refractivity contribution in [2.45, 2.75) is 78.0 Å². The van der Waals surface area contributed by atoms with Gasteiger partial charge in [0, 0.05) is 30.0 Å². The third kappa shape index (κ3) is 4.03. The molecule has 0 radical (unpaired) electrons. The van der Waals surface area contributed by atoms with Crippen LogP contribution in [0.4, 0.5) is 5.69 Å². The molecular formula is C30H43BN2O6. The van der Waals surface area contributed by atoms with Crippen molar-refractivity contribution in [1.82, 2.24) is 0 Å². The molecule has 3 aliphatic carbocycles. The number of Topliss-reactive ketones (excluding diaryl/α,β-unsaturated/α-hetero) is 1. The van der Waals surface area contributed by atoms with Crippen molar-refractivity contribution in [3.8, 4) is 0 Å². The first-order valence-corrected chi connectivity index (χ1v) is 14.3. The van der Waals surface area contributed by atoms with Crippen LogP contribution < -0.4 is 16.5 Å². The summed E-state index contributed by atoms with van der Waals surface area (Å²) in [6.07, 6.45) is 3.93. The Hall–Kier alpha value is -2.20. The fraction of sp³-hybridized carbons (Fsp3) is 0.667. The maximum absolute atomic E-state index is 13.7. The van der Waals surface area contributed by atoms with Crippen molar-refractivity contribution in [2.24, 2.45) is 45.7 Å². The molecule has 8 nitrogen and oxygen atoms in total. The summed E-state index contributed by atoms with van der Waals surface area (Å²) in [7, 11) is -1.13. The minimum absolute atomic E-state index is 0.114. The van der Waals surface area contributed by atoms with Gasteiger partial charge >= 0.3 is 13.1 Å². The summed E-state index contributed by atoms with van der Waals surface area (Å²) in [5.74, 6) is -1.61. The molecule has 4 aliphatic rings. The number of carbonyl (C=O) groups is 2. The van der Waals surface area contributed by atoms with Gasteiger partial charge in [0.1, 0.15) is 11.8 Å². The maximum Gasteiger partial charge on any atom is 0.492 e. The Morgan fingerprint density at radius 1 is 1.33 bits per heavy atom. The van der Waals surface area contributed by atoms with Gasteiger partial charge in [-0.25, -0.2) is 4.79 Å². The number of benzene rings is 1.